The number of aryl methyl sites for hydroxylation is 1. The van der Waals surface area contributed by atoms with Crippen molar-refractivity contribution in [2.45, 2.75) is 6.92 Å². The number of hydrogen-bond acceptors (Lipinski definition) is 1. The van der Waals surface area contributed by atoms with Gasteiger partial charge in [0.05, 0.1) is 0 Å². The molecule has 0 unspecified atom stereocenters. The van der Waals surface area contributed by atoms with Gasteiger partial charge in [-0.1, -0.05) is 35.9 Å². The van der Waals surface area contributed by atoms with Gasteiger partial charge < -0.3 is 5.73 Å². The zero-order valence-electron chi connectivity index (χ0n) is 8.50. The highest BCUT2D eigenvalue weighted by Gasteiger charge is 2.07. The molecule has 0 radical (unpaired) electrons. The van der Waals surface area contributed by atoms with Crippen molar-refractivity contribution in [3.05, 3.63) is 53.8 Å². The lowest BCUT2D eigenvalue weighted by molar-refractivity contribution is 0.632. The molecule has 0 atom stereocenters. The van der Waals surface area contributed by atoms with Crippen molar-refractivity contribution in [1.29, 1.82) is 0 Å². The first-order valence-corrected chi connectivity index (χ1v) is 4.79. The fourth-order valence-corrected chi connectivity index (χ4v) is 1.65. The fraction of sp³-hybridized carbons (Fsp3) is 0.0769. The predicted octanol–water partition coefficient (Wildman–Crippen LogP) is 3.38. The third-order valence-electron chi connectivity index (χ3n) is 2.35. The first kappa shape index (κ1) is 9.71. The van der Waals surface area contributed by atoms with Crippen molar-refractivity contribution in [2.24, 2.45) is 0 Å². The van der Waals surface area contributed by atoms with Gasteiger partial charge in [0.25, 0.3) is 0 Å². The van der Waals surface area contributed by atoms with Gasteiger partial charge in [0, 0.05) is 11.3 Å². The average molecular weight is 201 g/mol. The molecule has 2 aromatic rings. The minimum atomic E-state index is -0.277. The molecule has 2 heteroatoms. The second kappa shape index (κ2) is 3.73. The van der Waals surface area contributed by atoms with Crippen LogP contribution in [0.25, 0.3) is 11.1 Å². The van der Waals surface area contributed by atoms with E-state index in [4.69, 9.17) is 5.73 Å². The number of benzene rings is 2. The van der Waals surface area contributed by atoms with Crippen LogP contribution < -0.4 is 5.73 Å². The van der Waals surface area contributed by atoms with E-state index in [0.717, 1.165) is 11.1 Å². The van der Waals surface area contributed by atoms with Crippen LogP contribution in [0, 0.1) is 12.7 Å². The molecular formula is C13H12FN. The maximum absolute atomic E-state index is 13.6. The van der Waals surface area contributed by atoms with Gasteiger partial charge in [-0.25, -0.2) is 4.39 Å². The topological polar surface area (TPSA) is 26.0 Å². The van der Waals surface area contributed by atoms with Crippen LogP contribution >= 0.6 is 0 Å². The van der Waals surface area contributed by atoms with Crippen LogP contribution in [-0.2, 0) is 0 Å². The van der Waals surface area contributed by atoms with Crippen LogP contribution in [0.1, 0.15) is 5.56 Å². The van der Waals surface area contributed by atoms with Crippen LogP contribution in [0.5, 0.6) is 0 Å². The summed E-state index contributed by atoms with van der Waals surface area (Å²) >= 11 is 0. The Balaban J connectivity index is 2.63. The fourth-order valence-electron chi connectivity index (χ4n) is 1.65. The lowest BCUT2D eigenvalue weighted by atomic mass is 10.0. The molecule has 0 fully saturated rings. The minimum Gasteiger partial charge on any atom is -0.398 e. The number of anilines is 1. The first-order valence-electron chi connectivity index (χ1n) is 4.79. The van der Waals surface area contributed by atoms with Crippen molar-refractivity contribution >= 4 is 5.69 Å². The molecule has 0 bridgehead atoms. The third kappa shape index (κ3) is 1.84. The van der Waals surface area contributed by atoms with Gasteiger partial charge in [-0.3, -0.25) is 0 Å². The summed E-state index contributed by atoms with van der Waals surface area (Å²) in [6.45, 7) is 1.97. The largest absolute Gasteiger partial charge is 0.398 e. The summed E-state index contributed by atoms with van der Waals surface area (Å²) in [6.07, 6.45) is 0. The van der Waals surface area contributed by atoms with Crippen molar-refractivity contribution in [2.75, 3.05) is 5.73 Å². The Kier molecular flexibility index (Phi) is 2.42. The molecule has 2 rings (SSSR count). The molecule has 0 aliphatic heterocycles. The molecule has 76 valence electrons. The summed E-state index contributed by atoms with van der Waals surface area (Å²) in [7, 11) is 0. The summed E-state index contributed by atoms with van der Waals surface area (Å²) < 4.78 is 13.6. The van der Waals surface area contributed by atoms with E-state index >= 15 is 0 Å². The van der Waals surface area contributed by atoms with Gasteiger partial charge in [0.2, 0.25) is 0 Å². The number of nitrogens with two attached hydrogens (primary N) is 1. The minimum absolute atomic E-state index is 0.277. The quantitative estimate of drug-likeness (QED) is 0.703. The van der Waals surface area contributed by atoms with Crippen LogP contribution in [0.15, 0.2) is 42.5 Å². The van der Waals surface area contributed by atoms with Crippen molar-refractivity contribution < 1.29 is 4.39 Å². The first-order chi connectivity index (χ1) is 7.18. The van der Waals surface area contributed by atoms with Crippen LogP contribution in [0.3, 0.4) is 0 Å². The van der Waals surface area contributed by atoms with E-state index in [1.165, 1.54) is 6.07 Å². The van der Waals surface area contributed by atoms with Crippen molar-refractivity contribution in [3.63, 3.8) is 0 Å². The number of hydrogen-bond donors (Lipinski definition) is 1. The second-order valence-electron chi connectivity index (χ2n) is 3.57. The summed E-state index contributed by atoms with van der Waals surface area (Å²) in [4.78, 5) is 0. The van der Waals surface area contributed by atoms with Crippen LogP contribution in [0.4, 0.5) is 10.1 Å². The highest BCUT2D eigenvalue weighted by Crippen LogP contribution is 2.28. The Morgan fingerprint density at radius 1 is 1.07 bits per heavy atom. The molecule has 0 aromatic heterocycles. The summed E-state index contributed by atoms with van der Waals surface area (Å²) in [5, 5.41) is 0. The molecule has 0 heterocycles. The average Bonchev–Trinajstić information content (AvgIpc) is 2.17. The predicted molar refractivity (Wildman–Crippen MR) is 61.0 cm³/mol. The highest BCUT2D eigenvalue weighted by atomic mass is 19.1. The Morgan fingerprint density at radius 2 is 1.80 bits per heavy atom. The summed E-state index contributed by atoms with van der Waals surface area (Å²) in [6, 6.07) is 12.4. The Labute approximate surface area is 88.4 Å². The number of halogens is 1. The van der Waals surface area contributed by atoms with Gasteiger partial charge in [-0.15, -0.1) is 0 Å². The molecule has 0 saturated carbocycles. The molecule has 1 nitrogen and oxygen atoms in total. The van der Waals surface area contributed by atoms with Gasteiger partial charge in [0.15, 0.2) is 0 Å². The lowest BCUT2D eigenvalue weighted by Crippen LogP contribution is -1.93. The molecule has 2 N–H and O–H groups in total. The molecule has 0 aliphatic carbocycles. The Bertz CT molecular complexity index is 471. The second-order valence-corrected chi connectivity index (χ2v) is 3.57. The summed E-state index contributed by atoms with van der Waals surface area (Å²) in [5.41, 5.74) is 8.64. The molecule has 2 aromatic carbocycles. The maximum atomic E-state index is 13.6. The van der Waals surface area contributed by atoms with Gasteiger partial charge in [-0.2, -0.15) is 0 Å². The monoisotopic (exact) mass is 201 g/mol. The van der Waals surface area contributed by atoms with E-state index in [0.29, 0.717) is 11.3 Å². The van der Waals surface area contributed by atoms with Crippen molar-refractivity contribution in [1.82, 2.24) is 0 Å². The van der Waals surface area contributed by atoms with E-state index in [9.17, 15) is 4.39 Å². The third-order valence-corrected chi connectivity index (χ3v) is 2.35. The SMILES string of the molecule is Cc1cccc(-c2c(N)cccc2F)c1. The van der Waals surface area contributed by atoms with E-state index < -0.39 is 0 Å². The number of rotatable bonds is 1. The molecule has 15 heavy (non-hydrogen) atoms. The zero-order valence-corrected chi connectivity index (χ0v) is 8.50. The molecule has 0 saturated heterocycles. The highest BCUT2D eigenvalue weighted by molar-refractivity contribution is 5.77. The maximum Gasteiger partial charge on any atom is 0.133 e. The van der Waals surface area contributed by atoms with Crippen LogP contribution in [-0.4, -0.2) is 0 Å². The molecular weight excluding hydrogens is 189 g/mol. The Hall–Kier alpha value is -1.83. The van der Waals surface area contributed by atoms with E-state index in [2.05, 4.69) is 0 Å². The van der Waals surface area contributed by atoms with Gasteiger partial charge in [-0.05, 0) is 24.6 Å². The van der Waals surface area contributed by atoms with Gasteiger partial charge >= 0.3 is 0 Å². The lowest BCUT2D eigenvalue weighted by Gasteiger charge is -2.07. The zero-order chi connectivity index (χ0) is 10.8. The van der Waals surface area contributed by atoms with Gasteiger partial charge in [0.1, 0.15) is 5.82 Å². The molecule has 0 amide bonds. The van der Waals surface area contributed by atoms with Crippen molar-refractivity contribution in [3.8, 4) is 11.1 Å². The standard InChI is InChI=1S/C13H12FN/c1-9-4-2-5-10(8-9)13-11(14)6-3-7-12(13)15/h2-8H,15H2,1H3. The molecule has 0 aliphatic rings. The normalized spacial score (nSPS) is 10.3. The van der Waals surface area contributed by atoms with Crippen LogP contribution in [0.2, 0.25) is 0 Å². The van der Waals surface area contributed by atoms with E-state index in [-0.39, 0.29) is 5.82 Å². The molecule has 0 spiro atoms. The Morgan fingerprint density at radius 3 is 2.47 bits per heavy atom. The van der Waals surface area contributed by atoms with E-state index in [1.807, 2.05) is 31.2 Å². The number of nitrogen functional groups attached to an aromatic ring is 1. The smallest absolute Gasteiger partial charge is 0.133 e. The summed E-state index contributed by atoms with van der Waals surface area (Å²) in [5.74, 6) is -0.277. The van der Waals surface area contributed by atoms with E-state index in [1.54, 1.807) is 12.1 Å².